The van der Waals surface area contributed by atoms with E-state index in [0.29, 0.717) is 91.9 Å². The molecular weight excluding hydrogens is 1180 g/mol. The van der Waals surface area contributed by atoms with Crippen LogP contribution in [0, 0.1) is 49.4 Å². The number of benzene rings is 1. The van der Waals surface area contributed by atoms with Crippen LogP contribution in [0.15, 0.2) is 58.4 Å². The van der Waals surface area contributed by atoms with Gasteiger partial charge in [0, 0.05) is 86.4 Å². The van der Waals surface area contributed by atoms with Crippen LogP contribution in [0.25, 0.3) is 10.9 Å². The van der Waals surface area contributed by atoms with Crippen molar-refractivity contribution in [3.8, 4) is 5.75 Å². The molecule has 1 saturated carbocycles. The molecule has 5 aliphatic rings. The maximum atomic E-state index is 14.7. The van der Waals surface area contributed by atoms with Crippen molar-refractivity contribution in [1.29, 1.82) is 0 Å². The number of fused-ring (bicyclic) bond motifs is 4. The number of aliphatic hydroxyl groups excluding tert-OH is 1. The Bertz CT molecular complexity index is 3170. The Labute approximate surface area is 541 Å². The lowest BCUT2D eigenvalue weighted by molar-refractivity contribution is -0.287. The highest BCUT2D eigenvalue weighted by atomic mass is 32.2. The first-order chi connectivity index (χ1) is 43.5. The molecule has 0 spiro atoms. The molecule has 4 aliphatic heterocycles. The zero-order valence-corrected chi connectivity index (χ0v) is 56.5. The van der Waals surface area contributed by atoms with E-state index in [1.807, 2.05) is 56.1 Å². The average molecular weight is 1280 g/mol. The predicted molar refractivity (Wildman–Crippen MR) is 350 cm³/mol. The third-order valence-corrected chi connectivity index (χ3v) is 21.3. The molecule has 1 aliphatic carbocycles. The van der Waals surface area contributed by atoms with Gasteiger partial charge in [0.15, 0.2) is 0 Å². The van der Waals surface area contributed by atoms with Gasteiger partial charge in [-0.3, -0.25) is 34.2 Å². The number of hydrogen-bond acceptors (Lipinski definition) is 16. The maximum Gasteiger partial charge on any atom is 0.329 e. The number of hydrazine groups is 1. The summed E-state index contributed by atoms with van der Waals surface area (Å²) in [4.78, 5) is 102. The number of carbonyl (C=O) groups is 6. The maximum absolute atomic E-state index is 14.7. The van der Waals surface area contributed by atoms with E-state index in [4.69, 9.17) is 23.7 Å². The fourth-order valence-corrected chi connectivity index (χ4v) is 15.7. The van der Waals surface area contributed by atoms with E-state index in [0.717, 1.165) is 60.7 Å². The number of nitrogens with one attached hydrogen (secondary N) is 3. The summed E-state index contributed by atoms with van der Waals surface area (Å²) < 4.78 is 32.0. The zero-order valence-electron chi connectivity index (χ0n) is 55.6. The van der Waals surface area contributed by atoms with E-state index >= 15 is 0 Å². The quantitative estimate of drug-likeness (QED) is 0.0365. The van der Waals surface area contributed by atoms with Gasteiger partial charge in [0.2, 0.25) is 11.7 Å². The van der Waals surface area contributed by atoms with Gasteiger partial charge in [-0.1, -0.05) is 63.1 Å². The number of rotatable bonds is 17. The number of ether oxygens (including phenoxy) is 5. The first-order valence-corrected chi connectivity index (χ1v) is 34.5. The molecule has 8 rings (SSSR count). The summed E-state index contributed by atoms with van der Waals surface area (Å²) in [6, 6.07) is 8.53. The van der Waals surface area contributed by atoms with Crippen LogP contribution in [-0.4, -0.2) is 160 Å². The Morgan fingerprint density at radius 3 is 2.38 bits per heavy atom. The van der Waals surface area contributed by atoms with E-state index in [1.54, 1.807) is 41.1 Å². The summed E-state index contributed by atoms with van der Waals surface area (Å²) in [7, 11) is 4.78. The monoisotopic (exact) mass is 1280 g/mol. The van der Waals surface area contributed by atoms with Crippen molar-refractivity contribution in [2.75, 3.05) is 52.5 Å². The van der Waals surface area contributed by atoms with Gasteiger partial charge < -0.3 is 53.7 Å². The standard InChI is InChI=1S/C70H102N6O14S/c1-41-24-25-59-61(88-11)35-44(4)70(85,90-59)65(80)68(83)75-28-15-14-23-56(75)69(84)89-64(43(3)34-49-18-16-20-52(37-49)86-9)46(6)57(77)38-58(78)51(33-42(2)32-41)19-17-31-91-40-62(79)73-74-29-26-50(27-30-74)47(7)76-48(8)63(53-21-12-13-22-55(53)76)67(82)71-39-54-60(87-10)36-45(5)72-66(54)81/h12-13,21-22,33-34,36,41,44,46-47,49-52,56-57,59,61,64,77,85H,14-20,23-32,35,37-40H2,1-11H3,(H,71,82)(H,72,81)(H,73,79)/b42-33+,43-34+/t41-,44?,46-,47+,49+,51?,52?,56?,57?,59?,61?,64-,70?/m1/s1. The van der Waals surface area contributed by atoms with Crippen LogP contribution in [-0.2, 0) is 49.5 Å². The summed E-state index contributed by atoms with van der Waals surface area (Å²) in [5, 5.41) is 30.1. The minimum atomic E-state index is -2.45. The Morgan fingerprint density at radius 2 is 1.66 bits per heavy atom. The number of allylic oxidation sites excluding steroid dienone is 3. The number of ketones is 2. The number of esters is 1. The molecule has 2 aromatic heterocycles. The van der Waals surface area contributed by atoms with Gasteiger partial charge in [0.1, 0.15) is 23.7 Å². The lowest BCUT2D eigenvalue weighted by atomic mass is 9.82. The Balaban J connectivity index is 0.913. The SMILES string of the molecule is COc1cc(C)[nH]c(=O)c1CNC(=O)c1c(C)n([C@@H](C)C2CCN(NC(=O)CSCCCC3/C=C(\C)C[C@H](C)CCC4OC(O)(C(=O)C(=O)N5CCCCC5C(=O)O[C@H](/C(C)=C/[C@@H]5CCCC(OC)C5)[C@H](C)C(O)CC3=O)C(C)CC4OC)CC2)c2ccccc12. The van der Waals surface area contributed by atoms with E-state index < -0.39 is 71.7 Å². The molecule has 502 valence electrons. The van der Waals surface area contributed by atoms with Crippen molar-refractivity contribution in [3.05, 3.63) is 86.5 Å². The number of aryl methyl sites for hydroxylation is 1. The second-order valence-corrected chi connectivity index (χ2v) is 28.0. The van der Waals surface area contributed by atoms with E-state index in [1.165, 1.54) is 23.8 Å². The Morgan fingerprint density at radius 1 is 0.912 bits per heavy atom. The summed E-state index contributed by atoms with van der Waals surface area (Å²) >= 11 is 1.51. The summed E-state index contributed by atoms with van der Waals surface area (Å²) in [5.74, 6) is -6.19. The summed E-state index contributed by atoms with van der Waals surface area (Å²) in [5.41, 5.74) is 7.88. The fourth-order valence-electron chi connectivity index (χ4n) is 15.0. The van der Waals surface area contributed by atoms with Gasteiger partial charge in [-0.15, -0.1) is 0 Å². The number of methoxy groups -OCH3 is 3. The summed E-state index contributed by atoms with van der Waals surface area (Å²) in [6.07, 6.45) is 10.3. The van der Waals surface area contributed by atoms with Crippen molar-refractivity contribution in [1.82, 2.24) is 30.2 Å². The number of para-hydroxylation sites is 1. The number of pyridine rings is 1. The van der Waals surface area contributed by atoms with E-state index in [9.17, 15) is 43.8 Å². The van der Waals surface area contributed by atoms with Gasteiger partial charge in [-0.05, 0) is 166 Å². The molecule has 0 radical (unpaired) electrons. The topological polar surface area (TPSA) is 257 Å². The molecule has 6 heterocycles. The second-order valence-electron chi connectivity index (χ2n) is 26.9. The molecule has 91 heavy (non-hydrogen) atoms. The highest BCUT2D eigenvalue weighted by Crippen LogP contribution is 2.40. The van der Waals surface area contributed by atoms with Crippen LogP contribution in [0.4, 0.5) is 0 Å². The highest BCUT2D eigenvalue weighted by Gasteiger charge is 2.55. The molecule has 1 aromatic carbocycles. The molecule has 3 aromatic rings. The molecule has 21 heteroatoms. The minimum absolute atomic E-state index is 0.00134. The van der Waals surface area contributed by atoms with Crippen LogP contribution >= 0.6 is 11.8 Å². The second kappa shape index (κ2) is 32.4. The number of Topliss-reactive ketones (excluding diaryl/α,β-unsaturated/α-hetero) is 2. The normalized spacial score (nSPS) is 30.2. The number of nitrogens with zero attached hydrogens (tertiary/aromatic N) is 3. The Kier molecular flexibility index (Phi) is 25.4. The van der Waals surface area contributed by atoms with Gasteiger partial charge in [0.05, 0.1) is 55.0 Å². The van der Waals surface area contributed by atoms with Gasteiger partial charge in [0.25, 0.3) is 23.2 Å². The van der Waals surface area contributed by atoms with Crippen LogP contribution in [0.5, 0.6) is 5.75 Å². The lowest BCUT2D eigenvalue weighted by Crippen LogP contribution is -2.62. The first-order valence-electron chi connectivity index (χ1n) is 33.3. The number of piperidine rings is 2. The number of thioether (sulfide) groups is 1. The van der Waals surface area contributed by atoms with Gasteiger partial charge >= 0.3 is 5.97 Å². The van der Waals surface area contributed by atoms with Crippen molar-refractivity contribution < 1.29 is 62.7 Å². The van der Waals surface area contributed by atoms with E-state index in [2.05, 4.69) is 40.2 Å². The largest absolute Gasteiger partial charge is 0.496 e. The van der Waals surface area contributed by atoms with Crippen molar-refractivity contribution in [2.45, 2.75) is 213 Å². The average Bonchev–Trinajstić information content (AvgIpc) is 1.38. The lowest BCUT2D eigenvalue weighted by Gasteiger charge is -2.45. The molecule has 3 saturated heterocycles. The van der Waals surface area contributed by atoms with Crippen LogP contribution < -0.4 is 21.0 Å². The number of cyclic esters (lactones) is 1. The van der Waals surface area contributed by atoms with Crippen molar-refractivity contribution in [2.24, 2.45) is 35.5 Å². The van der Waals surface area contributed by atoms with Crippen LogP contribution in [0.3, 0.4) is 0 Å². The van der Waals surface area contributed by atoms with Crippen LogP contribution in [0.1, 0.15) is 178 Å². The number of aliphatic hydroxyl groups is 2. The molecule has 8 unspecified atom stereocenters. The van der Waals surface area contributed by atoms with Crippen LogP contribution in [0.2, 0.25) is 0 Å². The summed E-state index contributed by atoms with van der Waals surface area (Å²) in [6.45, 7) is 16.8. The number of H-pyrrole nitrogens is 1. The molecule has 4 fully saturated rings. The van der Waals surface area contributed by atoms with E-state index in [-0.39, 0.29) is 91.2 Å². The predicted octanol–water partition coefficient (Wildman–Crippen LogP) is 9.18. The van der Waals surface area contributed by atoms with Gasteiger partial charge in [-0.25, -0.2) is 9.80 Å². The highest BCUT2D eigenvalue weighted by molar-refractivity contribution is 7.99. The fraction of sp³-hybridized carbons (Fsp3) is 0.671. The molecule has 20 nitrogen and oxygen atoms in total. The number of hydrogen-bond donors (Lipinski definition) is 5. The molecule has 3 amide bonds. The van der Waals surface area contributed by atoms with Gasteiger partial charge in [-0.2, -0.15) is 11.8 Å². The number of aromatic nitrogens is 2. The third kappa shape index (κ3) is 17.4. The smallest absolute Gasteiger partial charge is 0.329 e. The first kappa shape index (κ1) is 71.2. The van der Waals surface area contributed by atoms with Crippen molar-refractivity contribution in [3.63, 3.8) is 0 Å². The van der Waals surface area contributed by atoms with Crippen molar-refractivity contribution >= 4 is 57.9 Å². The number of aromatic amines is 1. The minimum Gasteiger partial charge on any atom is -0.496 e. The molecule has 13 atom stereocenters. The number of carbonyl (C=O) groups excluding carboxylic acids is 6. The zero-order chi connectivity index (χ0) is 65.8. The molecular formula is C70H102N6O14S. The third-order valence-electron chi connectivity index (χ3n) is 20.3. The molecule has 2 bridgehead atoms. The molecule has 5 N–H and O–H groups in total. The Hall–Kier alpha value is -5.68. The number of amides is 3.